The number of amides is 1. The molecule has 0 bridgehead atoms. The summed E-state index contributed by atoms with van der Waals surface area (Å²) in [5.41, 5.74) is 8.12. The molecule has 0 spiro atoms. The monoisotopic (exact) mass is 1140 g/mol. The lowest BCUT2D eigenvalue weighted by Gasteiger charge is -2.30. The molecule has 0 radical (unpaired) electrons. The second-order valence-electron chi connectivity index (χ2n) is 20.3. The zero-order chi connectivity index (χ0) is 56.4. The van der Waals surface area contributed by atoms with Crippen molar-refractivity contribution in [3.8, 4) is 33.8 Å². The van der Waals surface area contributed by atoms with Gasteiger partial charge in [0.25, 0.3) is 5.91 Å². The van der Waals surface area contributed by atoms with E-state index >= 15 is 8.78 Å². The number of benzene rings is 6. The van der Waals surface area contributed by atoms with Crippen molar-refractivity contribution in [2.45, 2.75) is 99.7 Å². The Morgan fingerprint density at radius 1 is 0.550 bits per heavy atom. The summed E-state index contributed by atoms with van der Waals surface area (Å²) < 4.78 is 123. The number of likely N-dealkylation sites (tertiary alicyclic amines) is 2. The summed E-state index contributed by atoms with van der Waals surface area (Å²) in [6.45, 7) is 4.26. The Balaban J connectivity index is 0.000000190. The first-order chi connectivity index (χ1) is 37.7. The number of halogens is 8. The number of carboxylic acids is 1. The zero-order valence-electron chi connectivity index (χ0n) is 43.5. The number of nitrogens with two attached hydrogens (primary N) is 1. The maximum Gasteiger partial charge on any atom is 0.379 e. The molecule has 80 heavy (non-hydrogen) atoms. The van der Waals surface area contributed by atoms with Gasteiger partial charge in [0.2, 0.25) is 0 Å². The van der Waals surface area contributed by atoms with E-state index in [4.69, 9.17) is 20.3 Å². The van der Waals surface area contributed by atoms with Crippen LogP contribution in [0.5, 0.6) is 11.5 Å². The largest absolute Gasteiger partial charge is 0.487 e. The SMILES string of the molecule is N[C@H](CN1CCCC1)[C@H](O)c1ccc(OC2CC2)c(F)c1.O=C(N[C@H](CN1CCCC1)[C@H](O)c1ccc(OC2CC2)c(F)c1)C(F)(F)c1ccc(-c2ccc(F)cc2)cc1.O=C(O)C(F)(F)c1ccc(-c2ccc(F)cc2)cc1.S. The van der Waals surface area contributed by atoms with Crippen LogP contribution in [0.3, 0.4) is 0 Å². The van der Waals surface area contributed by atoms with Crippen LogP contribution in [0.2, 0.25) is 0 Å². The molecule has 0 unspecified atom stereocenters. The third-order valence-corrected chi connectivity index (χ3v) is 14.1. The molecule has 428 valence electrons. The van der Waals surface area contributed by atoms with Crippen molar-refractivity contribution in [1.29, 1.82) is 0 Å². The average molecular weight is 1140 g/mol. The van der Waals surface area contributed by atoms with E-state index in [0.29, 0.717) is 47.5 Å². The highest BCUT2D eigenvalue weighted by atomic mass is 32.1. The first kappa shape index (κ1) is 61.1. The predicted octanol–water partition coefficient (Wildman–Crippen LogP) is 11.2. The van der Waals surface area contributed by atoms with E-state index < -0.39 is 82.4 Å². The van der Waals surface area contributed by atoms with E-state index in [1.165, 1.54) is 104 Å². The summed E-state index contributed by atoms with van der Waals surface area (Å²) in [6, 6.07) is 28.3. The molecule has 6 aromatic carbocycles. The number of aliphatic hydroxyl groups excluding tert-OH is 2. The second kappa shape index (κ2) is 27.3. The molecule has 0 aromatic heterocycles. The lowest BCUT2D eigenvalue weighted by molar-refractivity contribution is -0.166. The molecular weight excluding hydrogens is 1070 g/mol. The van der Waals surface area contributed by atoms with E-state index in [1.54, 1.807) is 12.1 Å². The number of nitrogens with zero attached hydrogens (tertiary/aromatic N) is 2. The van der Waals surface area contributed by atoms with Gasteiger partial charge in [-0.2, -0.15) is 31.1 Å². The Hall–Kier alpha value is -6.55. The molecule has 6 N–H and O–H groups in total. The maximum absolute atomic E-state index is 15.3. The van der Waals surface area contributed by atoms with Gasteiger partial charge in [-0.05, 0) is 159 Å². The molecule has 2 saturated carbocycles. The number of carboxylic acid groups (broad SMARTS) is 1. The fraction of sp³-hybridized carbons (Fsp3) is 0.367. The molecule has 20 heteroatoms. The summed E-state index contributed by atoms with van der Waals surface area (Å²) >= 11 is 0. The van der Waals surface area contributed by atoms with Crippen molar-refractivity contribution >= 4 is 25.4 Å². The van der Waals surface area contributed by atoms with Crippen LogP contribution < -0.4 is 20.5 Å². The second-order valence-corrected chi connectivity index (χ2v) is 20.3. The van der Waals surface area contributed by atoms with Crippen LogP contribution >= 0.6 is 13.5 Å². The van der Waals surface area contributed by atoms with Gasteiger partial charge in [-0.25, -0.2) is 22.4 Å². The minimum atomic E-state index is -3.92. The van der Waals surface area contributed by atoms with Crippen LogP contribution in [-0.4, -0.2) is 101 Å². The van der Waals surface area contributed by atoms with Gasteiger partial charge >= 0.3 is 17.8 Å². The number of hydrogen-bond donors (Lipinski definition) is 5. The minimum Gasteiger partial charge on any atom is -0.487 e. The van der Waals surface area contributed by atoms with Crippen LogP contribution in [-0.2, 0) is 21.4 Å². The van der Waals surface area contributed by atoms with Crippen molar-refractivity contribution in [2.75, 3.05) is 39.3 Å². The molecule has 10 rings (SSSR count). The third-order valence-electron chi connectivity index (χ3n) is 14.1. The van der Waals surface area contributed by atoms with Crippen molar-refractivity contribution in [3.05, 3.63) is 179 Å². The average Bonchev–Trinajstić information content (AvgIpc) is 4.34. The maximum atomic E-state index is 15.3. The fourth-order valence-electron chi connectivity index (χ4n) is 9.18. The number of carbonyl (C=O) groups excluding carboxylic acids is 1. The number of hydrogen-bond acceptors (Lipinski definition) is 9. The molecule has 2 aliphatic heterocycles. The molecular formula is C60H64F8N4O7S. The van der Waals surface area contributed by atoms with Gasteiger partial charge in [0, 0.05) is 30.3 Å². The number of rotatable bonds is 19. The Morgan fingerprint density at radius 3 is 1.29 bits per heavy atom. The summed E-state index contributed by atoms with van der Waals surface area (Å²) in [4.78, 5) is 27.5. The quantitative estimate of drug-likeness (QED) is 0.0495. The minimum absolute atomic E-state index is 0. The van der Waals surface area contributed by atoms with E-state index in [2.05, 4.69) is 10.2 Å². The summed E-state index contributed by atoms with van der Waals surface area (Å²) in [5.74, 6) is -13.1. The van der Waals surface area contributed by atoms with Crippen molar-refractivity contribution in [3.63, 3.8) is 0 Å². The molecule has 11 nitrogen and oxygen atoms in total. The van der Waals surface area contributed by atoms with Crippen molar-refractivity contribution in [1.82, 2.24) is 15.1 Å². The van der Waals surface area contributed by atoms with E-state index in [1.807, 2.05) is 4.90 Å². The highest BCUT2D eigenvalue weighted by Gasteiger charge is 2.44. The van der Waals surface area contributed by atoms with Crippen molar-refractivity contribution < 1.29 is 69.5 Å². The van der Waals surface area contributed by atoms with Crippen LogP contribution in [0, 0.1) is 23.3 Å². The van der Waals surface area contributed by atoms with E-state index in [-0.39, 0.29) is 49.3 Å². The number of nitrogens with one attached hydrogen (secondary N) is 1. The fourth-order valence-corrected chi connectivity index (χ4v) is 9.18. The summed E-state index contributed by atoms with van der Waals surface area (Å²) in [6.07, 6.45) is 5.80. The first-order valence-corrected chi connectivity index (χ1v) is 26.3. The van der Waals surface area contributed by atoms with E-state index in [0.717, 1.165) is 81.9 Å². The van der Waals surface area contributed by atoms with Crippen LogP contribution in [0.1, 0.15) is 85.8 Å². The molecule has 2 aliphatic carbocycles. The molecule has 2 saturated heterocycles. The standard InChI is InChI=1S/C30H30F4N2O3.C16H23FN2O2.C14H9F3O2.H2S/c31-23-10-5-20(6-11-23)19-3-8-22(9-4-19)30(33,34)29(38)35-26(18-36-15-1-2-16-36)28(37)21-7-14-27(25(32)17-21)39-24-12-13-24;17-13-9-11(3-6-15(13)21-12-4-5-12)16(20)14(18)10-19-7-1-2-8-19;15-12-7-3-10(4-8-12)9-1-5-11(6-2-9)14(16,17)13(18)19;/h3-11,14,17,24,26,28,37H,1-2,12-13,15-16,18H2,(H,35,38);3,6,9,12,14,16,20H,1-2,4-5,7-8,10,18H2;1-8H,(H,18,19);1H2/t26-,28-;14-,16-;;/m11../s1. The van der Waals surface area contributed by atoms with Crippen molar-refractivity contribution in [2.24, 2.45) is 5.73 Å². The molecule has 4 aliphatic rings. The first-order valence-electron chi connectivity index (χ1n) is 26.3. The van der Waals surface area contributed by atoms with Crippen LogP contribution in [0.25, 0.3) is 22.3 Å². The molecule has 4 fully saturated rings. The topological polar surface area (TPSA) is 158 Å². The van der Waals surface area contributed by atoms with Gasteiger partial charge in [0.05, 0.1) is 24.4 Å². The molecule has 1 amide bonds. The van der Waals surface area contributed by atoms with Gasteiger partial charge in [-0.1, -0.05) is 84.9 Å². The lowest BCUT2D eigenvalue weighted by atomic mass is 9.99. The molecule has 6 aromatic rings. The summed E-state index contributed by atoms with van der Waals surface area (Å²) in [7, 11) is 0. The number of alkyl halides is 4. The smallest absolute Gasteiger partial charge is 0.379 e. The predicted molar refractivity (Wildman–Crippen MR) is 291 cm³/mol. The highest BCUT2D eigenvalue weighted by molar-refractivity contribution is 7.59. The lowest BCUT2D eigenvalue weighted by Crippen LogP contribution is -2.51. The molecule has 4 atom stereocenters. The van der Waals surface area contributed by atoms with Gasteiger partial charge in [0.1, 0.15) is 17.7 Å². The number of carbonyl (C=O) groups is 2. The zero-order valence-corrected chi connectivity index (χ0v) is 44.5. The van der Waals surface area contributed by atoms with Crippen LogP contribution in [0.4, 0.5) is 35.1 Å². The van der Waals surface area contributed by atoms with E-state index in [9.17, 15) is 46.1 Å². The number of aliphatic carboxylic acids is 1. The normalized spacial score (nSPS) is 17.1. The molecule has 2 heterocycles. The Morgan fingerprint density at radius 2 is 0.912 bits per heavy atom. The number of aliphatic hydroxyl groups is 2. The van der Waals surface area contributed by atoms with Crippen LogP contribution in [0.15, 0.2) is 133 Å². The Kier molecular flexibility index (Phi) is 20.8. The van der Waals surface area contributed by atoms with Gasteiger partial charge in [-0.3, -0.25) is 4.79 Å². The Labute approximate surface area is 465 Å². The third kappa shape index (κ3) is 16.3. The Bertz CT molecular complexity index is 2980. The number of ether oxygens (including phenoxy) is 2. The van der Waals surface area contributed by atoms with Gasteiger partial charge < -0.3 is 45.6 Å². The highest BCUT2D eigenvalue weighted by Crippen LogP contribution is 2.35. The van der Waals surface area contributed by atoms with Gasteiger partial charge in [-0.15, -0.1) is 0 Å². The van der Waals surface area contributed by atoms with Gasteiger partial charge in [0.15, 0.2) is 23.1 Å². The summed E-state index contributed by atoms with van der Waals surface area (Å²) in [5, 5.41) is 32.2.